The van der Waals surface area contributed by atoms with Gasteiger partial charge in [0.1, 0.15) is 10.6 Å². The summed E-state index contributed by atoms with van der Waals surface area (Å²) >= 11 is 6.73. The van der Waals surface area contributed by atoms with Crippen LogP contribution in [0.25, 0.3) is 0 Å². The Morgan fingerprint density at radius 1 is 1.40 bits per heavy atom. The number of carbonyl (C=O) groups is 2. The van der Waals surface area contributed by atoms with Crippen LogP contribution < -0.4 is 11.1 Å². The molecule has 0 unspecified atom stereocenters. The number of aryl methyl sites for hydroxylation is 1. The largest absolute Gasteiger partial charge is 0.478 e. The molecule has 1 aromatic heterocycles. The summed E-state index contributed by atoms with van der Waals surface area (Å²) in [6.45, 7) is 1.56. The average molecular weight is 312 g/mol. The second kappa shape index (κ2) is 5.48. The Morgan fingerprint density at radius 2 is 2.10 bits per heavy atom. The number of carbonyl (C=O) groups excluding carboxylic acids is 1. The quantitative estimate of drug-likeness (QED) is 0.756. The van der Waals surface area contributed by atoms with Gasteiger partial charge in [0, 0.05) is 16.3 Å². The van der Waals surface area contributed by atoms with Crippen molar-refractivity contribution in [2.75, 3.05) is 11.1 Å². The van der Waals surface area contributed by atoms with Gasteiger partial charge in [-0.05, 0) is 36.7 Å². The topological polar surface area (TPSA) is 105 Å². The fraction of sp³-hybridized carbons (Fsp3) is 0.0833. The second-order valence-electron chi connectivity index (χ2n) is 4.00. The number of hydrogen-bond acceptors (Lipinski definition) is 5. The van der Waals surface area contributed by atoms with E-state index in [-0.39, 0.29) is 16.1 Å². The Labute approximate surface area is 123 Å². The maximum absolute atomic E-state index is 12.1. The predicted octanol–water partition coefficient (Wildman–Crippen LogP) is 2.64. The molecule has 0 atom stereocenters. The van der Waals surface area contributed by atoms with E-state index in [0.717, 1.165) is 11.5 Å². The number of rotatable bonds is 3. The van der Waals surface area contributed by atoms with Crippen LogP contribution in [-0.2, 0) is 0 Å². The molecule has 0 aliphatic heterocycles. The van der Waals surface area contributed by atoms with Crippen molar-refractivity contribution in [2.24, 2.45) is 0 Å². The number of carboxylic acids is 1. The summed E-state index contributed by atoms with van der Waals surface area (Å²) in [6.07, 6.45) is 0. The van der Waals surface area contributed by atoms with E-state index in [1.165, 1.54) is 18.2 Å². The van der Waals surface area contributed by atoms with Crippen molar-refractivity contribution < 1.29 is 14.7 Å². The van der Waals surface area contributed by atoms with E-state index in [0.29, 0.717) is 16.4 Å². The first-order valence-electron chi connectivity index (χ1n) is 5.45. The van der Waals surface area contributed by atoms with Crippen LogP contribution in [0.15, 0.2) is 18.2 Å². The lowest BCUT2D eigenvalue weighted by molar-refractivity contribution is 0.0697. The van der Waals surface area contributed by atoms with Gasteiger partial charge in [0.2, 0.25) is 0 Å². The van der Waals surface area contributed by atoms with E-state index < -0.39 is 11.9 Å². The fourth-order valence-electron chi connectivity index (χ4n) is 1.63. The molecule has 0 aliphatic rings. The predicted molar refractivity (Wildman–Crippen MR) is 77.6 cm³/mol. The number of halogens is 1. The summed E-state index contributed by atoms with van der Waals surface area (Å²) in [5.41, 5.74) is 6.54. The molecule has 1 aromatic carbocycles. The lowest BCUT2D eigenvalue weighted by Crippen LogP contribution is -2.14. The number of amides is 1. The van der Waals surface area contributed by atoms with Crippen LogP contribution >= 0.6 is 23.1 Å². The standard InChI is InChI=1S/C12H10ClN3O3S/c1-5-9(12(18)19)11(20-16-5)15-10(17)6-2-7(13)4-8(14)3-6/h2-4H,14H2,1H3,(H,15,17)(H,18,19). The van der Waals surface area contributed by atoms with Gasteiger partial charge in [-0.1, -0.05) is 11.6 Å². The molecular weight excluding hydrogens is 302 g/mol. The molecule has 0 radical (unpaired) electrons. The Kier molecular flexibility index (Phi) is 3.91. The van der Waals surface area contributed by atoms with Gasteiger partial charge in [-0.2, -0.15) is 4.37 Å². The van der Waals surface area contributed by atoms with Crippen LogP contribution in [0.2, 0.25) is 5.02 Å². The lowest BCUT2D eigenvalue weighted by atomic mass is 10.2. The minimum atomic E-state index is -1.14. The summed E-state index contributed by atoms with van der Waals surface area (Å²) in [5.74, 6) is -1.64. The Hall–Kier alpha value is -2.12. The highest BCUT2D eigenvalue weighted by Crippen LogP contribution is 2.25. The normalized spacial score (nSPS) is 10.3. The Bertz CT molecular complexity index is 679. The van der Waals surface area contributed by atoms with Gasteiger partial charge < -0.3 is 16.2 Å². The highest BCUT2D eigenvalue weighted by Gasteiger charge is 2.20. The molecule has 0 saturated carbocycles. The number of benzene rings is 1. The van der Waals surface area contributed by atoms with Gasteiger partial charge in [0.15, 0.2) is 0 Å². The molecule has 6 nitrogen and oxygen atoms in total. The van der Waals surface area contributed by atoms with E-state index in [1.54, 1.807) is 6.92 Å². The van der Waals surface area contributed by atoms with E-state index in [4.69, 9.17) is 22.4 Å². The monoisotopic (exact) mass is 311 g/mol. The van der Waals surface area contributed by atoms with Gasteiger partial charge in [0.05, 0.1) is 5.69 Å². The molecule has 0 bridgehead atoms. The molecule has 0 fully saturated rings. The molecular formula is C12H10ClN3O3S. The summed E-state index contributed by atoms with van der Waals surface area (Å²) in [7, 11) is 0. The highest BCUT2D eigenvalue weighted by atomic mass is 35.5. The summed E-state index contributed by atoms with van der Waals surface area (Å²) in [4.78, 5) is 23.2. The maximum Gasteiger partial charge on any atom is 0.340 e. The van der Waals surface area contributed by atoms with Crippen molar-refractivity contribution in [3.63, 3.8) is 0 Å². The van der Waals surface area contributed by atoms with Crippen LogP contribution in [0.3, 0.4) is 0 Å². The zero-order chi connectivity index (χ0) is 14.9. The third kappa shape index (κ3) is 2.89. The first-order chi connectivity index (χ1) is 9.38. The van der Waals surface area contributed by atoms with E-state index in [9.17, 15) is 9.59 Å². The van der Waals surface area contributed by atoms with Gasteiger partial charge in [-0.15, -0.1) is 0 Å². The number of anilines is 2. The number of aromatic nitrogens is 1. The number of nitrogens with two attached hydrogens (primary N) is 1. The minimum Gasteiger partial charge on any atom is -0.478 e. The number of aromatic carboxylic acids is 1. The maximum atomic E-state index is 12.1. The van der Waals surface area contributed by atoms with Crippen LogP contribution in [0.4, 0.5) is 10.7 Å². The van der Waals surface area contributed by atoms with E-state index in [2.05, 4.69) is 9.69 Å². The van der Waals surface area contributed by atoms with Gasteiger partial charge in [-0.25, -0.2) is 4.79 Å². The number of carboxylic acid groups (broad SMARTS) is 1. The number of nitrogens with one attached hydrogen (secondary N) is 1. The van der Waals surface area contributed by atoms with E-state index in [1.807, 2.05) is 0 Å². The summed E-state index contributed by atoms with van der Waals surface area (Å²) in [5, 5.41) is 12.1. The van der Waals surface area contributed by atoms with Crippen LogP contribution in [0.5, 0.6) is 0 Å². The molecule has 0 aliphatic carbocycles. The summed E-state index contributed by atoms with van der Waals surface area (Å²) in [6, 6.07) is 4.41. The van der Waals surface area contributed by atoms with Crippen molar-refractivity contribution in [3.05, 3.63) is 40.0 Å². The van der Waals surface area contributed by atoms with Gasteiger partial charge >= 0.3 is 5.97 Å². The second-order valence-corrected chi connectivity index (χ2v) is 5.21. The lowest BCUT2D eigenvalue weighted by Gasteiger charge is -2.05. The molecule has 2 rings (SSSR count). The third-order valence-corrected chi connectivity index (χ3v) is 3.56. The zero-order valence-corrected chi connectivity index (χ0v) is 11.9. The van der Waals surface area contributed by atoms with E-state index >= 15 is 0 Å². The zero-order valence-electron chi connectivity index (χ0n) is 10.3. The molecule has 0 saturated heterocycles. The minimum absolute atomic E-state index is 0.0154. The van der Waals surface area contributed by atoms with Crippen molar-refractivity contribution >= 4 is 45.7 Å². The molecule has 0 spiro atoms. The first-order valence-corrected chi connectivity index (χ1v) is 6.60. The molecule has 2 aromatic rings. The fourth-order valence-corrected chi connectivity index (χ4v) is 2.65. The number of nitrogens with zero attached hydrogens (tertiary/aromatic N) is 1. The molecule has 1 amide bonds. The Balaban J connectivity index is 2.30. The third-order valence-electron chi connectivity index (χ3n) is 2.49. The Morgan fingerprint density at radius 3 is 2.70 bits per heavy atom. The van der Waals surface area contributed by atoms with Crippen molar-refractivity contribution in [2.45, 2.75) is 6.92 Å². The number of hydrogen-bond donors (Lipinski definition) is 3. The van der Waals surface area contributed by atoms with Crippen molar-refractivity contribution in [3.8, 4) is 0 Å². The van der Waals surface area contributed by atoms with Gasteiger partial charge in [-0.3, -0.25) is 4.79 Å². The van der Waals surface area contributed by atoms with Crippen LogP contribution in [0, 0.1) is 6.92 Å². The van der Waals surface area contributed by atoms with Crippen molar-refractivity contribution in [1.82, 2.24) is 4.37 Å². The SMILES string of the molecule is Cc1nsc(NC(=O)c2cc(N)cc(Cl)c2)c1C(=O)O. The highest BCUT2D eigenvalue weighted by molar-refractivity contribution is 7.11. The molecule has 8 heteroatoms. The summed E-state index contributed by atoms with van der Waals surface area (Å²) < 4.78 is 3.92. The van der Waals surface area contributed by atoms with Crippen LogP contribution in [-0.4, -0.2) is 21.4 Å². The van der Waals surface area contributed by atoms with Gasteiger partial charge in [0.25, 0.3) is 5.91 Å². The molecule has 1 heterocycles. The number of nitrogen functional groups attached to an aromatic ring is 1. The average Bonchev–Trinajstić information content (AvgIpc) is 2.69. The van der Waals surface area contributed by atoms with Crippen LogP contribution in [0.1, 0.15) is 26.4 Å². The van der Waals surface area contributed by atoms with Crippen molar-refractivity contribution in [1.29, 1.82) is 0 Å². The molecule has 4 N–H and O–H groups in total. The smallest absolute Gasteiger partial charge is 0.340 e. The molecule has 104 valence electrons. The molecule has 20 heavy (non-hydrogen) atoms. The first kappa shape index (κ1) is 14.3.